The molecule has 3 amide bonds. The number of aromatic nitrogens is 1. The summed E-state index contributed by atoms with van der Waals surface area (Å²) in [5.74, 6) is 0.391. The molecule has 1 saturated heterocycles. The predicted molar refractivity (Wildman–Crippen MR) is 121 cm³/mol. The van der Waals surface area contributed by atoms with Crippen LogP contribution in [0.4, 0.5) is 29.8 Å². The molecule has 3 heterocycles. The smallest absolute Gasteiger partial charge is 0.324 e. The minimum Gasteiger partial charge on any atom is -0.463 e. The Morgan fingerprint density at radius 1 is 1.31 bits per heavy atom. The molecule has 0 radical (unpaired) electrons. The molecule has 2 aromatic rings. The van der Waals surface area contributed by atoms with Crippen molar-refractivity contribution in [1.82, 2.24) is 10.3 Å². The van der Waals surface area contributed by atoms with Crippen LogP contribution in [0.15, 0.2) is 36.5 Å². The first kappa shape index (κ1) is 26.2. The van der Waals surface area contributed by atoms with E-state index in [1.54, 1.807) is 36.5 Å². The fourth-order valence-electron chi connectivity index (χ4n) is 4.12. The van der Waals surface area contributed by atoms with Crippen LogP contribution in [-0.2, 0) is 9.53 Å². The van der Waals surface area contributed by atoms with Gasteiger partial charge in [0.05, 0.1) is 17.3 Å². The van der Waals surface area contributed by atoms with E-state index >= 15 is 0 Å². The van der Waals surface area contributed by atoms with E-state index in [0.717, 1.165) is 5.56 Å². The number of rotatable bonds is 6. The van der Waals surface area contributed by atoms with Gasteiger partial charge in [-0.3, -0.25) is 9.69 Å². The summed E-state index contributed by atoms with van der Waals surface area (Å²) in [5, 5.41) is 16.8. The molecule has 35 heavy (non-hydrogen) atoms. The third-order valence-corrected chi connectivity index (χ3v) is 5.89. The van der Waals surface area contributed by atoms with E-state index in [2.05, 4.69) is 15.6 Å². The van der Waals surface area contributed by atoms with Crippen molar-refractivity contribution >= 4 is 23.4 Å². The second-order valence-corrected chi connectivity index (χ2v) is 8.38. The van der Waals surface area contributed by atoms with Crippen LogP contribution >= 0.6 is 0 Å². The molecular weight excluding hydrogens is 469 g/mol. The molecule has 2 aliphatic rings. The summed E-state index contributed by atoms with van der Waals surface area (Å²) in [5.41, 5.74) is 1.02. The van der Waals surface area contributed by atoms with Crippen LogP contribution in [0.1, 0.15) is 36.4 Å². The van der Waals surface area contributed by atoms with Crippen LogP contribution in [0.5, 0.6) is 5.75 Å². The molecule has 0 aliphatic carbocycles. The molecule has 3 N–H and O–H groups in total. The standard InChI is InChI=1S/C23H27FN4O5.F2/c1-15-10-18-21(25-12-15)28(13-20(29)26-18)22(30)27-19(11-23(31)6-8-32-9-7-23)16-2-4-17(5-3-16)33-14-24;1-2/h2-5,10,12,19,31H,6-9,11,13-14H2,1H3,(H,26,29)(H,27,30);. The van der Waals surface area contributed by atoms with Gasteiger partial charge in [-0.1, -0.05) is 12.1 Å². The lowest BCUT2D eigenvalue weighted by molar-refractivity contribution is -0.115. The molecule has 0 spiro atoms. The lowest BCUT2D eigenvalue weighted by atomic mass is 9.85. The first-order chi connectivity index (χ1) is 16.9. The average molecular weight is 496 g/mol. The Labute approximate surface area is 200 Å². The molecule has 1 unspecified atom stereocenters. The number of alkyl halides is 1. The molecular formula is C23H27F3N4O5. The molecule has 190 valence electrons. The summed E-state index contributed by atoms with van der Waals surface area (Å²) in [6.45, 7) is 1.59. The minimum absolute atomic E-state index is 0.178. The maximum absolute atomic E-state index is 13.3. The molecule has 0 bridgehead atoms. The topological polar surface area (TPSA) is 113 Å². The van der Waals surface area contributed by atoms with Crippen LogP contribution in [0, 0.1) is 6.92 Å². The van der Waals surface area contributed by atoms with Gasteiger partial charge in [-0.05, 0) is 49.1 Å². The first-order valence-electron chi connectivity index (χ1n) is 10.9. The maximum atomic E-state index is 13.3. The zero-order chi connectivity index (χ0) is 25.4. The average Bonchev–Trinajstić information content (AvgIpc) is 2.85. The molecule has 12 heteroatoms. The van der Waals surface area contributed by atoms with Gasteiger partial charge in [-0.2, -0.15) is 0 Å². The molecule has 0 saturated carbocycles. The van der Waals surface area contributed by atoms with Crippen molar-refractivity contribution < 1.29 is 37.7 Å². The zero-order valence-corrected chi connectivity index (χ0v) is 19.1. The third-order valence-electron chi connectivity index (χ3n) is 5.89. The van der Waals surface area contributed by atoms with Gasteiger partial charge >= 0.3 is 6.03 Å². The predicted octanol–water partition coefficient (Wildman–Crippen LogP) is 3.68. The number of amides is 3. The molecule has 1 atom stereocenters. The van der Waals surface area contributed by atoms with Gasteiger partial charge in [-0.25, -0.2) is 14.2 Å². The second-order valence-electron chi connectivity index (χ2n) is 8.38. The van der Waals surface area contributed by atoms with E-state index in [0.29, 0.717) is 48.9 Å². The number of carbonyl (C=O) groups excluding carboxylic acids is 2. The summed E-state index contributed by atoms with van der Waals surface area (Å²) >= 11 is 0. The Hall–Kier alpha value is -3.38. The summed E-state index contributed by atoms with van der Waals surface area (Å²) in [4.78, 5) is 31.1. The fourth-order valence-corrected chi connectivity index (χ4v) is 4.12. The highest BCUT2D eigenvalue weighted by Crippen LogP contribution is 2.33. The molecule has 1 fully saturated rings. The van der Waals surface area contributed by atoms with Gasteiger partial charge in [0, 0.05) is 35.0 Å². The van der Waals surface area contributed by atoms with E-state index in [1.165, 1.54) is 4.90 Å². The van der Waals surface area contributed by atoms with Gasteiger partial charge < -0.3 is 25.2 Å². The van der Waals surface area contributed by atoms with Gasteiger partial charge in [0.25, 0.3) is 0 Å². The van der Waals surface area contributed by atoms with Crippen LogP contribution in [0.3, 0.4) is 0 Å². The van der Waals surface area contributed by atoms with Crippen molar-refractivity contribution in [2.24, 2.45) is 0 Å². The largest absolute Gasteiger partial charge is 0.463 e. The second kappa shape index (κ2) is 11.8. The Morgan fingerprint density at radius 3 is 2.66 bits per heavy atom. The quantitative estimate of drug-likeness (QED) is 0.563. The number of ether oxygens (including phenoxy) is 2. The van der Waals surface area contributed by atoms with Gasteiger partial charge in [0.2, 0.25) is 12.8 Å². The van der Waals surface area contributed by atoms with E-state index < -0.39 is 24.5 Å². The minimum atomic E-state index is -1.02. The highest BCUT2D eigenvalue weighted by Gasteiger charge is 2.36. The first-order valence-corrected chi connectivity index (χ1v) is 10.9. The number of hydrogen-bond donors (Lipinski definition) is 3. The molecule has 2 aliphatic heterocycles. The van der Waals surface area contributed by atoms with Crippen LogP contribution in [0.2, 0.25) is 0 Å². The molecule has 1 aromatic carbocycles. The van der Waals surface area contributed by atoms with Crippen molar-refractivity contribution in [3.8, 4) is 5.75 Å². The number of halogens is 3. The van der Waals surface area contributed by atoms with E-state index in [1.807, 2.05) is 6.92 Å². The number of aryl methyl sites for hydroxylation is 1. The van der Waals surface area contributed by atoms with E-state index in [-0.39, 0.29) is 18.9 Å². The van der Waals surface area contributed by atoms with Crippen molar-refractivity contribution in [1.29, 1.82) is 0 Å². The van der Waals surface area contributed by atoms with E-state index in [4.69, 9.17) is 18.6 Å². The number of nitrogens with one attached hydrogen (secondary N) is 2. The Kier molecular flexibility index (Phi) is 8.88. The lowest BCUT2D eigenvalue weighted by Crippen LogP contribution is -2.50. The molecule has 4 rings (SSSR count). The molecule has 9 nitrogen and oxygen atoms in total. The number of nitrogens with zero attached hydrogens (tertiary/aromatic N) is 2. The summed E-state index contributed by atoms with van der Waals surface area (Å²) in [6, 6.07) is 7.33. The van der Waals surface area contributed by atoms with Crippen LogP contribution in [0.25, 0.3) is 0 Å². The highest BCUT2D eigenvalue weighted by atomic mass is 20.0. The van der Waals surface area contributed by atoms with Gasteiger partial charge in [-0.15, -0.1) is 0 Å². The zero-order valence-electron chi connectivity index (χ0n) is 19.1. The van der Waals surface area contributed by atoms with Crippen LogP contribution in [-0.4, -0.2) is 54.2 Å². The Morgan fingerprint density at radius 2 is 2.00 bits per heavy atom. The van der Waals surface area contributed by atoms with E-state index in [9.17, 15) is 19.1 Å². The highest BCUT2D eigenvalue weighted by molar-refractivity contribution is 6.08. The Balaban J connectivity index is 0.00000167. The number of pyridine rings is 1. The number of benzene rings is 1. The van der Waals surface area contributed by atoms with Crippen LogP contribution < -0.4 is 20.3 Å². The normalized spacial score (nSPS) is 17.3. The fraction of sp³-hybridized carbons (Fsp3) is 0.435. The van der Waals surface area contributed by atoms with Gasteiger partial charge in [0.1, 0.15) is 12.3 Å². The lowest BCUT2D eigenvalue weighted by Gasteiger charge is -2.36. The van der Waals surface area contributed by atoms with Crippen molar-refractivity contribution in [3.63, 3.8) is 0 Å². The number of carbonyl (C=O) groups is 2. The summed E-state index contributed by atoms with van der Waals surface area (Å²) in [6.07, 6.45) is 2.76. The van der Waals surface area contributed by atoms with Crippen molar-refractivity contribution in [2.75, 3.05) is 36.8 Å². The summed E-state index contributed by atoms with van der Waals surface area (Å²) < 4.78 is 38.7. The van der Waals surface area contributed by atoms with Crippen molar-refractivity contribution in [2.45, 2.75) is 37.8 Å². The summed E-state index contributed by atoms with van der Waals surface area (Å²) in [7, 11) is 0. The third kappa shape index (κ3) is 6.61. The number of hydrogen-bond acceptors (Lipinski definition) is 6. The number of urea groups is 1. The SMILES string of the molecule is Cc1cnc2c(c1)NC(=O)CN2C(=O)NC(CC1(O)CCOCC1)c1ccc(OCF)cc1.FF. The number of fused-ring (bicyclic) bond motifs is 1. The molecule has 1 aromatic heterocycles. The number of anilines is 2. The van der Waals surface area contributed by atoms with Gasteiger partial charge in [0.15, 0.2) is 5.82 Å². The van der Waals surface area contributed by atoms with Crippen molar-refractivity contribution in [3.05, 3.63) is 47.7 Å². The monoisotopic (exact) mass is 496 g/mol. The Bertz CT molecular complexity index is 1020. The number of aliphatic hydroxyl groups is 1. The maximum Gasteiger partial charge on any atom is 0.324 e.